The smallest absolute Gasteiger partial charge is 0.339 e. The molecule has 0 saturated carbocycles. The van der Waals surface area contributed by atoms with Crippen molar-refractivity contribution in [1.82, 2.24) is 0 Å². The molecule has 1 aromatic rings. The van der Waals surface area contributed by atoms with Gasteiger partial charge in [0.25, 0.3) is 5.91 Å². The summed E-state index contributed by atoms with van der Waals surface area (Å²) in [6.07, 6.45) is 33.5. The van der Waals surface area contributed by atoms with Gasteiger partial charge in [-0.05, 0) is 76.0 Å². The highest BCUT2D eigenvalue weighted by Crippen LogP contribution is 2.22. The third kappa shape index (κ3) is 16.7. The average molecular weight is 536 g/mol. The number of hydrogen-bond acceptors (Lipinski definition) is 4. The Bertz CT molecular complexity index is 1020. The lowest BCUT2D eigenvalue weighted by Gasteiger charge is -2.16. The first-order valence-corrected chi connectivity index (χ1v) is 13.9. The van der Waals surface area contributed by atoms with E-state index < -0.39 is 12.1 Å². The highest BCUT2D eigenvalue weighted by atomic mass is 16.5. The number of carbonyl (C=O) groups excluding carboxylic acids is 1. The Kier molecular flexibility index (Phi) is 19.1. The van der Waals surface area contributed by atoms with Gasteiger partial charge < -0.3 is 20.3 Å². The van der Waals surface area contributed by atoms with Gasteiger partial charge in [0.15, 0.2) is 0 Å². The van der Waals surface area contributed by atoms with Crippen LogP contribution in [0.2, 0.25) is 0 Å². The van der Waals surface area contributed by atoms with Crippen LogP contribution in [0.1, 0.15) is 82.0 Å². The maximum atomic E-state index is 12.5. The third-order valence-electron chi connectivity index (χ3n) is 5.59. The Labute approximate surface area is 234 Å². The largest absolute Gasteiger partial charge is 0.507 e. The lowest BCUT2D eigenvalue weighted by molar-refractivity contribution is -0.127. The minimum absolute atomic E-state index is 0.266. The zero-order chi connectivity index (χ0) is 28.6. The van der Waals surface area contributed by atoms with Gasteiger partial charge in [-0.1, -0.05) is 86.8 Å². The number of allylic oxidation sites excluding steroid dienone is 12. The van der Waals surface area contributed by atoms with Crippen molar-refractivity contribution >= 4 is 17.6 Å². The van der Waals surface area contributed by atoms with Gasteiger partial charge in [0.1, 0.15) is 17.4 Å². The van der Waals surface area contributed by atoms with E-state index >= 15 is 0 Å². The first kappa shape index (κ1) is 33.4. The number of carboxylic acids is 1. The standard InChI is InChI=1S/C33H45NO5/c1-3-5-6-7-8-9-10-11-12-13-14-15-16-17-18-19-20-21-22-23-26-39-31(4-2)32(36)34-28-24-25-30(35)29(27-28)33(37)38/h5-6,8-9,11-12,14-15,17-18,20-21,24-25,27,31,35H,3-4,7,10,13,16,19,22-23,26H2,1-2H3,(H,34,36)(H,37,38)/b6-5-,9-8-,12-11-,15-14-,18-17-,21-20-. The van der Waals surface area contributed by atoms with Crippen LogP contribution in [0.25, 0.3) is 0 Å². The van der Waals surface area contributed by atoms with Crippen molar-refractivity contribution in [3.05, 3.63) is 96.7 Å². The van der Waals surface area contributed by atoms with Gasteiger partial charge in [-0.25, -0.2) is 4.79 Å². The second-order valence-electron chi connectivity index (χ2n) is 8.85. The quantitative estimate of drug-likeness (QED) is 0.0886. The van der Waals surface area contributed by atoms with Crippen molar-refractivity contribution in [3.63, 3.8) is 0 Å². The third-order valence-corrected chi connectivity index (χ3v) is 5.59. The Morgan fingerprint density at radius 2 is 1.33 bits per heavy atom. The minimum atomic E-state index is -1.26. The molecule has 1 aromatic carbocycles. The predicted octanol–water partition coefficient (Wildman–Crippen LogP) is 8.30. The number of unbranched alkanes of at least 4 members (excludes halogenated alkanes) is 1. The Balaban J connectivity index is 2.14. The highest BCUT2D eigenvalue weighted by molar-refractivity contribution is 5.97. The van der Waals surface area contributed by atoms with E-state index in [0.29, 0.717) is 18.7 Å². The summed E-state index contributed by atoms with van der Waals surface area (Å²) in [5.41, 5.74) is 0.0355. The van der Waals surface area contributed by atoms with Gasteiger partial charge in [0, 0.05) is 12.3 Å². The summed E-state index contributed by atoms with van der Waals surface area (Å²) in [5, 5.41) is 21.4. The molecule has 0 aliphatic carbocycles. The fourth-order valence-electron chi connectivity index (χ4n) is 3.45. The van der Waals surface area contributed by atoms with Crippen molar-refractivity contribution in [2.45, 2.75) is 77.7 Å². The Morgan fingerprint density at radius 3 is 1.82 bits per heavy atom. The van der Waals surface area contributed by atoms with E-state index in [9.17, 15) is 14.7 Å². The number of aromatic hydroxyl groups is 1. The van der Waals surface area contributed by atoms with Gasteiger partial charge in [-0.2, -0.15) is 0 Å². The molecule has 0 radical (unpaired) electrons. The van der Waals surface area contributed by atoms with Crippen molar-refractivity contribution < 1.29 is 24.5 Å². The van der Waals surface area contributed by atoms with Gasteiger partial charge in [0.05, 0.1) is 0 Å². The average Bonchev–Trinajstić information content (AvgIpc) is 2.92. The van der Waals surface area contributed by atoms with Gasteiger partial charge in [0.2, 0.25) is 0 Å². The zero-order valence-electron chi connectivity index (χ0n) is 23.4. The van der Waals surface area contributed by atoms with Crippen molar-refractivity contribution in [2.24, 2.45) is 0 Å². The molecule has 1 amide bonds. The summed E-state index contributed by atoms with van der Waals surface area (Å²) in [7, 11) is 0. The van der Waals surface area contributed by atoms with Crippen LogP contribution in [-0.2, 0) is 9.53 Å². The minimum Gasteiger partial charge on any atom is -0.507 e. The summed E-state index contributed by atoms with van der Waals surface area (Å²) >= 11 is 0. The van der Waals surface area contributed by atoms with Crippen molar-refractivity contribution in [1.29, 1.82) is 0 Å². The predicted molar refractivity (Wildman–Crippen MR) is 161 cm³/mol. The Hall–Kier alpha value is -3.64. The fraction of sp³-hybridized carbons (Fsp3) is 0.394. The molecule has 6 nitrogen and oxygen atoms in total. The number of amides is 1. The number of rotatable bonds is 20. The SMILES string of the molecule is CC/C=C\C/C=C\C/C=C\C/C=C\C/C=C\C/C=C\CCCOC(CC)C(=O)Nc1ccc(O)c(C(=O)O)c1. The first-order chi connectivity index (χ1) is 19.0. The van der Waals surface area contributed by atoms with E-state index in [1.54, 1.807) is 0 Å². The van der Waals surface area contributed by atoms with Crippen LogP contribution in [0.15, 0.2) is 91.1 Å². The zero-order valence-corrected chi connectivity index (χ0v) is 23.4. The molecule has 212 valence electrons. The number of nitrogens with one attached hydrogen (secondary N) is 1. The molecule has 0 heterocycles. The molecule has 3 N–H and O–H groups in total. The lowest BCUT2D eigenvalue weighted by atomic mass is 10.1. The molecule has 39 heavy (non-hydrogen) atoms. The highest BCUT2D eigenvalue weighted by Gasteiger charge is 2.18. The van der Waals surface area contributed by atoms with E-state index in [1.807, 2.05) is 6.92 Å². The molecular weight excluding hydrogens is 490 g/mol. The fourth-order valence-corrected chi connectivity index (χ4v) is 3.45. The van der Waals surface area contributed by atoms with Crippen LogP contribution in [0, 0.1) is 0 Å². The van der Waals surface area contributed by atoms with Crippen molar-refractivity contribution in [3.8, 4) is 5.75 Å². The second kappa shape index (κ2) is 22.4. The summed E-state index contributed by atoms with van der Waals surface area (Å²) in [5.74, 6) is -1.95. The summed E-state index contributed by atoms with van der Waals surface area (Å²) in [6, 6.07) is 3.92. The summed E-state index contributed by atoms with van der Waals surface area (Å²) < 4.78 is 5.72. The van der Waals surface area contributed by atoms with Crippen LogP contribution in [0.4, 0.5) is 5.69 Å². The van der Waals surface area contributed by atoms with Crippen LogP contribution >= 0.6 is 0 Å². The number of phenols is 1. The Morgan fingerprint density at radius 1 is 0.821 bits per heavy atom. The molecule has 0 aliphatic rings. The molecule has 1 unspecified atom stereocenters. The number of benzene rings is 1. The second-order valence-corrected chi connectivity index (χ2v) is 8.85. The molecule has 1 rings (SSSR count). The molecule has 0 fully saturated rings. The van der Waals surface area contributed by atoms with E-state index in [-0.39, 0.29) is 17.2 Å². The molecule has 0 aliphatic heterocycles. The molecular formula is C33H45NO5. The number of aromatic carboxylic acids is 1. The van der Waals surface area contributed by atoms with Crippen molar-refractivity contribution in [2.75, 3.05) is 11.9 Å². The number of carbonyl (C=O) groups is 2. The lowest BCUT2D eigenvalue weighted by Crippen LogP contribution is -2.30. The van der Waals surface area contributed by atoms with E-state index in [0.717, 1.165) is 51.4 Å². The van der Waals surface area contributed by atoms with Crippen LogP contribution < -0.4 is 5.32 Å². The topological polar surface area (TPSA) is 95.9 Å². The van der Waals surface area contributed by atoms with E-state index in [2.05, 4.69) is 85.2 Å². The monoisotopic (exact) mass is 535 g/mol. The van der Waals surface area contributed by atoms with Crippen LogP contribution in [0.5, 0.6) is 5.75 Å². The number of carboxylic acid groups (broad SMARTS) is 1. The van der Waals surface area contributed by atoms with Crippen LogP contribution in [-0.4, -0.2) is 34.8 Å². The number of anilines is 1. The van der Waals surface area contributed by atoms with E-state index in [1.165, 1.54) is 18.2 Å². The molecule has 0 saturated heterocycles. The molecule has 0 spiro atoms. The van der Waals surface area contributed by atoms with Gasteiger partial charge in [-0.15, -0.1) is 0 Å². The number of hydrogen-bond donors (Lipinski definition) is 3. The molecule has 6 heteroatoms. The summed E-state index contributed by atoms with van der Waals surface area (Å²) in [4.78, 5) is 23.6. The molecule has 0 aromatic heterocycles. The van der Waals surface area contributed by atoms with Crippen LogP contribution in [0.3, 0.4) is 0 Å². The number of ether oxygens (including phenoxy) is 1. The van der Waals surface area contributed by atoms with Gasteiger partial charge in [-0.3, -0.25) is 4.79 Å². The van der Waals surface area contributed by atoms with E-state index in [4.69, 9.17) is 9.84 Å². The summed E-state index contributed by atoms with van der Waals surface area (Å²) in [6.45, 7) is 4.45. The normalized spacial score (nSPS) is 13.2. The van der Waals surface area contributed by atoms with Gasteiger partial charge >= 0.3 is 5.97 Å². The molecule has 1 atom stereocenters. The maximum absolute atomic E-state index is 12.5. The molecule has 0 bridgehead atoms. The first-order valence-electron chi connectivity index (χ1n) is 13.9. The maximum Gasteiger partial charge on any atom is 0.339 e.